The van der Waals surface area contributed by atoms with Crippen LogP contribution in [0.25, 0.3) is 0 Å². The molecule has 1 aromatic rings. The maximum Gasteiger partial charge on any atom is 0.233 e. The summed E-state index contributed by atoms with van der Waals surface area (Å²) < 4.78 is 6.52. The highest BCUT2D eigenvalue weighted by molar-refractivity contribution is 9.10. The highest BCUT2D eigenvalue weighted by atomic mass is 79.9. The van der Waals surface area contributed by atoms with Gasteiger partial charge in [-0.3, -0.25) is 4.79 Å². The maximum atomic E-state index is 11.4. The van der Waals surface area contributed by atoms with Crippen molar-refractivity contribution < 1.29 is 9.53 Å². The van der Waals surface area contributed by atoms with E-state index in [1.165, 1.54) is 5.56 Å². The summed E-state index contributed by atoms with van der Waals surface area (Å²) in [6, 6.07) is 8.31. The topological polar surface area (TPSA) is 64.4 Å². The van der Waals surface area contributed by atoms with Gasteiger partial charge in [0.25, 0.3) is 0 Å². The van der Waals surface area contributed by atoms with Gasteiger partial charge in [-0.25, -0.2) is 0 Å². The van der Waals surface area contributed by atoms with E-state index >= 15 is 0 Å². The van der Waals surface area contributed by atoms with Gasteiger partial charge in [-0.05, 0) is 30.5 Å². The van der Waals surface area contributed by atoms with E-state index in [-0.39, 0.29) is 17.9 Å². The Labute approximate surface area is 121 Å². The van der Waals surface area contributed by atoms with Crippen molar-refractivity contribution in [2.75, 3.05) is 26.3 Å². The molecule has 3 N–H and O–H groups in total. The minimum absolute atomic E-state index is 0.0346. The van der Waals surface area contributed by atoms with Gasteiger partial charge in [0.05, 0.1) is 6.54 Å². The summed E-state index contributed by atoms with van der Waals surface area (Å²) in [5, 5.41) is 2.92. The molecule has 2 rings (SSSR count). The van der Waals surface area contributed by atoms with Crippen LogP contribution in [0, 0.1) is 0 Å². The Morgan fingerprint density at radius 3 is 2.53 bits per heavy atom. The third kappa shape index (κ3) is 3.55. The van der Waals surface area contributed by atoms with Crippen molar-refractivity contribution in [2.45, 2.75) is 18.3 Å². The average molecular weight is 327 g/mol. The second kappa shape index (κ2) is 6.50. The molecule has 0 aliphatic carbocycles. The van der Waals surface area contributed by atoms with Crippen molar-refractivity contribution in [2.24, 2.45) is 5.73 Å². The van der Waals surface area contributed by atoms with Gasteiger partial charge in [0.2, 0.25) is 5.91 Å². The number of rotatable bonds is 4. The number of nitrogens with two attached hydrogens (primary N) is 1. The van der Waals surface area contributed by atoms with Gasteiger partial charge in [-0.2, -0.15) is 0 Å². The molecule has 0 radical (unpaired) electrons. The molecule has 19 heavy (non-hydrogen) atoms. The zero-order valence-electron chi connectivity index (χ0n) is 10.8. The molecule has 1 aliphatic rings. The minimum Gasteiger partial charge on any atom is -0.381 e. The van der Waals surface area contributed by atoms with Crippen molar-refractivity contribution in [1.82, 2.24) is 5.32 Å². The van der Waals surface area contributed by atoms with Gasteiger partial charge in [0, 0.05) is 29.6 Å². The summed E-state index contributed by atoms with van der Waals surface area (Å²) in [7, 11) is 0. The van der Waals surface area contributed by atoms with E-state index in [9.17, 15) is 4.79 Å². The van der Waals surface area contributed by atoms with E-state index in [4.69, 9.17) is 10.5 Å². The molecule has 104 valence electrons. The number of amides is 1. The average Bonchev–Trinajstić information content (AvgIpc) is 2.46. The Morgan fingerprint density at radius 2 is 1.95 bits per heavy atom. The first kappa shape index (κ1) is 14.5. The first-order valence-corrected chi connectivity index (χ1v) is 7.26. The summed E-state index contributed by atoms with van der Waals surface area (Å²) >= 11 is 3.45. The Morgan fingerprint density at radius 1 is 1.32 bits per heavy atom. The molecule has 1 fully saturated rings. The number of nitrogens with one attached hydrogen (secondary N) is 1. The third-order valence-electron chi connectivity index (χ3n) is 3.72. The van der Waals surface area contributed by atoms with Gasteiger partial charge in [-0.15, -0.1) is 0 Å². The molecular weight excluding hydrogens is 308 g/mol. The van der Waals surface area contributed by atoms with Crippen molar-refractivity contribution >= 4 is 21.8 Å². The molecule has 0 saturated carbocycles. The summed E-state index contributed by atoms with van der Waals surface area (Å²) in [6.07, 6.45) is 1.83. The molecule has 1 amide bonds. The molecule has 0 atom stereocenters. The molecule has 0 aromatic heterocycles. The monoisotopic (exact) mass is 326 g/mol. The van der Waals surface area contributed by atoms with E-state index in [0.717, 1.165) is 30.5 Å². The molecule has 0 unspecified atom stereocenters. The number of benzene rings is 1. The van der Waals surface area contributed by atoms with Gasteiger partial charge in [0.1, 0.15) is 0 Å². The second-order valence-electron chi connectivity index (χ2n) is 4.88. The van der Waals surface area contributed by atoms with Crippen LogP contribution in [0.5, 0.6) is 0 Å². The zero-order chi connectivity index (χ0) is 13.7. The molecule has 1 aliphatic heterocycles. The van der Waals surface area contributed by atoms with E-state index in [0.29, 0.717) is 6.54 Å². The molecule has 1 saturated heterocycles. The number of halogens is 1. The van der Waals surface area contributed by atoms with Gasteiger partial charge in [-0.1, -0.05) is 28.1 Å². The quantitative estimate of drug-likeness (QED) is 0.882. The SMILES string of the molecule is NCC(=O)NCC1(c2ccc(Br)cc2)CCOCC1. The van der Waals surface area contributed by atoms with Crippen LogP contribution < -0.4 is 11.1 Å². The molecule has 0 bridgehead atoms. The molecule has 5 heteroatoms. The lowest BCUT2D eigenvalue weighted by Gasteiger charge is -2.38. The Hall–Kier alpha value is -0.910. The minimum atomic E-state index is -0.108. The van der Waals surface area contributed by atoms with Crippen molar-refractivity contribution in [1.29, 1.82) is 0 Å². The van der Waals surface area contributed by atoms with Crippen LogP contribution in [0.2, 0.25) is 0 Å². The third-order valence-corrected chi connectivity index (χ3v) is 4.24. The lowest BCUT2D eigenvalue weighted by Crippen LogP contribution is -2.45. The summed E-state index contributed by atoms with van der Waals surface area (Å²) in [4.78, 5) is 11.4. The lowest BCUT2D eigenvalue weighted by molar-refractivity contribution is -0.120. The summed E-state index contributed by atoms with van der Waals surface area (Å²) in [6.45, 7) is 2.12. The number of carbonyl (C=O) groups is 1. The number of carbonyl (C=O) groups excluding carboxylic acids is 1. The predicted molar refractivity (Wildman–Crippen MR) is 77.9 cm³/mol. The second-order valence-corrected chi connectivity index (χ2v) is 5.80. The van der Waals surface area contributed by atoms with Crippen LogP contribution in [0.4, 0.5) is 0 Å². The first-order valence-electron chi connectivity index (χ1n) is 6.47. The van der Waals surface area contributed by atoms with Crippen molar-refractivity contribution in [3.8, 4) is 0 Å². The molecule has 0 spiro atoms. The maximum absolute atomic E-state index is 11.4. The van der Waals surface area contributed by atoms with Crippen LogP contribution in [0.3, 0.4) is 0 Å². The Kier molecular flexibility index (Phi) is 4.96. The van der Waals surface area contributed by atoms with Crippen LogP contribution in [-0.4, -0.2) is 32.2 Å². The highest BCUT2D eigenvalue weighted by Crippen LogP contribution is 2.34. The van der Waals surface area contributed by atoms with E-state index in [2.05, 4.69) is 33.4 Å². The fourth-order valence-corrected chi connectivity index (χ4v) is 2.74. The molecular formula is C14H19BrN2O2. The van der Waals surface area contributed by atoms with Crippen LogP contribution in [0.15, 0.2) is 28.7 Å². The van der Waals surface area contributed by atoms with E-state index in [1.54, 1.807) is 0 Å². The molecule has 1 heterocycles. The fourth-order valence-electron chi connectivity index (χ4n) is 2.47. The number of hydrogen-bond acceptors (Lipinski definition) is 3. The van der Waals surface area contributed by atoms with Gasteiger partial charge < -0.3 is 15.8 Å². The van der Waals surface area contributed by atoms with Crippen LogP contribution in [-0.2, 0) is 14.9 Å². The largest absolute Gasteiger partial charge is 0.381 e. The van der Waals surface area contributed by atoms with Crippen molar-refractivity contribution in [3.63, 3.8) is 0 Å². The summed E-state index contributed by atoms with van der Waals surface area (Å²) in [5.74, 6) is -0.108. The molecule has 1 aromatic carbocycles. The predicted octanol–water partition coefficient (Wildman–Crippen LogP) is 1.57. The normalized spacial score (nSPS) is 18.0. The smallest absolute Gasteiger partial charge is 0.233 e. The lowest BCUT2D eigenvalue weighted by atomic mass is 9.74. The van der Waals surface area contributed by atoms with E-state index in [1.807, 2.05) is 12.1 Å². The van der Waals surface area contributed by atoms with Gasteiger partial charge in [0.15, 0.2) is 0 Å². The zero-order valence-corrected chi connectivity index (χ0v) is 12.4. The van der Waals surface area contributed by atoms with E-state index < -0.39 is 0 Å². The van der Waals surface area contributed by atoms with Crippen LogP contribution >= 0.6 is 15.9 Å². The number of hydrogen-bond donors (Lipinski definition) is 2. The van der Waals surface area contributed by atoms with Crippen molar-refractivity contribution in [3.05, 3.63) is 34.3 Å². The summed E-state index contributed by atoms with van der Waals surface area (Å²) in [5.41, 5.74) is 6.56. The molecule has 4 nitrogen and oxygen atoms in total. The Bertz CT molecular complexity index is 428. The van der Waals surface area contributed by atoms with Gasteiger partial charge >= 0.3 is 0 Å². The highest BCUT2D eigenvalue weighted by Gasteiger charge is 2.34. The number of ether oxygens (including phenoxy) is 1. The Balaban J connectivity index is 2.18. The van der Waals surface area contributed by atoms with Crippen LogP contribution in [0.1, 0.15) is 18.4 Å². The first-order chi connectivity index (χ1) is 9.16. The standard InChI is InChI=1S/C14H19BrN2O2/c15-12-3-1-11(2-4-12)14(5-7-19-8-6-14)10-17-13(18)9-16/h1-4H,5-10,16H2,(H,17,18). The fraction of sp³-hybridized carbons (Fsp3) is 0.500.